The molecule has 0 amide bonds. The third-order valence-electron chi connectivity index (χ3n) is 2.81. The van der Waals surface area contributed by atoms with Crippen LogP contribution in [0.15, 0.2) is 48.5 Å². The Morgan fingerprint density at radius 3 is 2.40 bits per heavy atom. The molecule has 3 nitrogen and oxygen atoms in total. The van der Waals surface area contributed by atoms with E-state index in [0.717, 1.165) is 12.1 Å². The van der Waals surface area contributed by atoms with Gasteiger partial charge in [-0.05, 0) is 17.7 Å². The molecule has 1 atom stereocenters. The maximum absolute atomic E-state index is 13.0. The number of rotatable bonds is 5. The minimum atomic E-state index is -1.04. The van der Waals surface area contributed by atoms with Crippen LogP contribution in [-0.2, 0) is 4.79 Å². The molecule has 2 aromatic carbocycles. The Hall–Kier alpha value is -2.43. The van der Waals surface area contributed by atoms with Crippen molar-refractivity contribution in [3.63, 3.8) is 0 Å². The molecular weight excluding hydrogens is 266 g/mol. The smallest absolute Gasteiger partial charge is 0.314 e. The second-order valence-electron chi connectivity index (χ2n) is 4.19. The number of carboxylic acid groups (broad SMARTS) is 1. The number of benzene rings is 2. The van der Waals surface area contributed by atoms with E-state index in [2.05, 4.69) is 0 Å². The van der Waals surface area contributed by atoms with E-state index in [1.807, 2.05) is 0 Å². The maximum Gasteiger partial charge on any atom is 0.314 e. The summed E-state index contributed by atoms with van der Waals surface area (Å²) in [5.74, 6) is -3.83. The molecule has 0 heterocycles. The quantitative estimate of drug-likeness (QED) is 0.913. The van der Waals surface area contributed by atoms with E-state index < -0.39 is 23.5 Å². The Morgan fingerprint density at radius 2 is 1.80 bits per heavy atom. The number of hydrogen-bond acceptors (Lipinski definition) is 2. The lowest BCUT2D eigenvalue weighted by atomic mass is 10.0. The highest BCUT2D eigenvalue weighted by molar-refractivity contribution is 5.76. The molecule has 0 aliphatic carbocycles. The van der Waals surface area contributed by atoms with Crippen LogP contribution in [0.4, 0.5) is 8.78 Å². The van der Waals surface area contributed by atoms with E-state index in [1.54, 1.807) is 30.3 Å². The van der Waals surface area contributed by atoms with Crippen LogP contribution in [0.2, 0.25) is 0 Å². The molecule has 2 aromatic rings. The van der Waals surface area contributed by atoms with E-state index >= 15 is 0 Å². The van der Waals surface area contributed by atoms with Gasteiger partial charge in [-0.1, -0.05) is 30.3 Å². The predicted octanol–water partition coefficient (Wildman–Crippen LogP) is 3.21. The van der Waals surface area contributed by atoms with Crippen molar-refractivity contribution < 1.29 is 23.4 Å². The summed E-state index contributed by atoms with van der Waals surface area (Å²) in [7, 11) is 0. The summed E-state index contributed by atoms with van der Waals surface area (Å²) in [6.07, 6.45) is 0. The van der Waals surface area contributed by atoms with Gasteiger partial charge in [0.05, 0.1) is 0 Å². The average molecular weight is 278 g/mol. The summed E-state index contributed by atoms with van der Waals surface area (Å²) in [4.78, 5) is 11.2. The normalized spacial score (nSPS) is 11.9. The number of aliphatic carboxylic acids is 1. The highest BCUT2D eigenvalue weighted by Gasteiger charge is 2.20. The first-order valence-corrected chi connectivity index (χ1v) is 5.93. The maximum atomic E-state index is 13.0. The molecule has 0 bridgehead atoms. The molecule has 20 heavy (non-hydrogen) atoms. The molecule has 2 rings (SSSR count). The third kappa shape index (κ3) is 3.32. The standard InChI is InChI=1S/C15H12F2O3/c16-13-7-6-11(8-14(13)17)20-9-12(15(18)19)10-4-2-1-3-5-10/h1-8,12H,9H2,(H,18,19). The number of carboxylic acids is 1. The van der Waals surface area contributed by atoms with Crippen LogP contribution in [0.3, 0.4) is 0 Å². The third-order valence-corrected chi connectivity index (χ3v) is 2.81. The number of hydrogen-bond donors (Lipinski definition) is 1. The zero-order valence-corrected chi connectivity index (χ0v) is 10.4. The zero-order valence-electron chi connectivity index (χ0n) is 10.4. The van der Waals surface area contributed by atoms with Crippen molar-refractivity contribution in [3.05, 3.63) is 65.7 Å². The summed E-state index contributed by atoms with van der Waals surface area (Å²) >= 11 is 0. The minimum Gasteiger partial charge on any atom is -0.492 e. The fourth-order valence-electron chi connectivity index (χ4n) is 1.74. The molecule has 1 unspecified atom stereocenters. The van der Waals surface area contributed by atoms with Crippen molar-refractivity contribution >= 4 is 5.97 Å². The topological polar surface area (TPSA) is 46.5 Å². The van der Waals surface area contributed by atoms with Crippen molar-refractivity contribution in [2.75, 3.05) is 6.61 Å². The van der Waals surface area contributed by atoms with Gasteiger partial charge in [0.25, 0.3) is 0 Å². The van der Waals surface area contributed by atoms with Gasteiger partial charge in [-0.25, -0.2) is 8.78 Å². The van der Waals surface area contributed by atoms with Crippen molar-refractivity contribution in [1.29, 1.82) is 0 Å². The molecule has 104 valence electrons. The molecular formula is C15H12F2O3. The molecule has 0 aliphatic rings. The summed E-state index contributed by atoms with van der Waals surface area (Å²) in [6.45, 7) is -0.162. The summed E-state index contributed by atoms with van der Waals surface area (Å²) in [5.41, 5.74) is 0.586. The summed E-state index contributed by atoms with van der Waals surface area (Å²) in [5, 5.41) is 9.19. The Bertz CT molecular complexity index is 599. The number of carbonyl (C=O) groups is 1. The van der Waals surface area contributed by atoms with Crippen LogP contribution in [0.25, 0.3) is 0 Å². The average Bonchev–Trinajstić information content (AvgIpc) is 2.44. The van der Waals surface area contributed by atoms with E-state index in [-0.39, 0.29) is 12.4 Å². The molecule has 5 heteroatoms. The van der Waals surface area contributed by atoms with Gasteiger partial charge < -0.3 is 9.84 Å². The predicted molar refractivity (Wildman–Crippen MR) is 68.7 cm³/mol. The summed E-state index contributed by atoms with van der Waals surface area (Å²) < 4.78 is 31.0. The van der Waals surface area contributed by atoms with Gasteiger partial charge in [0, 0.05) is 6.07 Å². The van der Waals surface area contributed by atoms with Crippen LogP contribution >= 0.6 is 0 Å². The van der Waals surface area contributed by atoms with Crippen molar-refractivity contribution in [2.45, 2.75) is 5.92 Å². The van der Waals surface area contributed by atoms with Gasteiger partial charge in [0.2, 0.25) is 0 Å². The Morgan fingerprint density at radius 1 is 1.10 bits per heavy atom. The molecule has 0 saturated carbocycles. The van der Waals surface area contributed by atoms with Crippen LogP contribution < -0.4 is 4.74 Å². The first-order valence-electron chi connectivity index (χ1n) is 5.93. The Balaban J connectivity index is 2.10. The highest BCUT2D eigenvalue weighted by Crippen LogP contribution is 2.20. The van der Waals surface area contributed by atoms with E-state index in [0.29, 0.717) is 5.56 Å². The largest absolute Gasteiger partial charge is 0.492 e. The van der Waals surface area contributed by atoms with Gasteiger partial charge in [-0.2, -0.15) is 0 Å². The Kier molecular flexibility index (Phi) is 4.30. The molecule has 0 radical (unpaired) electrons. The molecule has 1 N–H and O–H groups in total. The van der Waals surface area contributed by atoms with E-state index in [1.165, 1.54) is 6.07 Å². The van der Waals surface area contributed by atoms with Gasteiger partial charge in [-0.15, -0.1) is 0 Å². The molecule has 0 aromatic heterocycles. The number of ether oxygens (including phenoxy) is 1. The first-order chi connectivity index (χ1) is 9.58. The monoisotopic (exact) mass is 278 g/mol. The second kappa shape index (κ2) is 6.14. The lowest BCUT2D eigenvalue weighted by Gasteiger charge is -2.14. The van der Waals surface area contributed by atoms with Gasteiger partial charge in [0.15, 0.2) is 11.6 Å². The molecule has 0 aliphatic heterocycles. The van der Waals surface area contributed by atoms with E-state index in [9.17, 15) is 18.7 Å². The lowest BCUT2D eigenvalue weighted by molar-refractivity contribution is -0.139. The fourth-order valence-corrected chi connectivity index (χ4v) is 1.74. The van der Waals surface area contributed by atoms with Gasteiger partial charge in [-0.3, -0.25) is 4.79 Å². The van der Waals surface area contributed by atoms with Crippen LogP contribution in [0.5, 0.6) is 5.75 Å². The van der Waals surface area contributed by atoms with Crippen molar-refractivity contribution in [1.82, 2.24) is 0 Å². The second-order valence-corrected chi connectivity index (χ2v) is 4.19. The highest BCUT2D eigenvalue weighted by atomic mass is 19.2. The van der Waals surface area contributed by atoms with Gasteiger partial charge >= 0.3 is 5.97 Å². The van der Waals surface area contributed by atoms with Crippen LogP contribution in [-0.4, -0.2) is 17.7 Å². The van der Waals surface area contributed by atoms with Gasteiger partial charge in [0.1, 0.15) is 18.3 Å². The molecule has 0 spiro atoms. The van der Waals surface area contributed by atoms with E-state index in [4.69, 9.17) is 4.74 Å². The first kappa shape index (κ1) is 14.0. The zero-order chi connectivity index (χ0) is 14.5. The van der Waals surface area contributed by atoms with Crippen LogP contribution in [0, 0.1) is 11.6 Å². The lowest BCUT2D eigenvalue weighted by Crippen LogP contribution is -2.19. The fraction of sp³-hybridized carbons (Fsp3) is 0.133. The number of halogens is 2. The Labute approximate surface area is 114 Å². The molecule has 0 fully saturated rings. The van der Waals surface area contributed by atoms with Crippen LogP contribution in [0.1, 0.15) is 11.5 Å². The van der Waals surface area contributed by atoms with Crippen molar-refractivity contribution in [2.24, 2.45) is 0 Å². The summed E-state index contributed by atoms with van der Waals surface area (Å²) in [6, 6.07) is 11.6. The van der Waals surface area contributed by atoms with Crippen molar-refractivity contribution in [3.8, 4) is 5.75 Å². The SMILES string of the molecule is O=C(O)C(COc1ccc(F)c(F)c1)c1ccccc1. The molecule has 0 saturated heterocycles. The minimum absolute atomic E-state index is 0.0890.